The molecule has 0 amide bonds. The van der Waals surface area contributed by atoms with Gasteiger partial charge in [0.05, 0.1) is 0 Å². The van der Waals surface area contributed by atoms with E-state index < -0.39 is 0 Å². The molecule has 0 spiro atoms. The average Bonchev–Trinajstić information content (AvgIpc) is 2.47. The molecule has 20 heavy (non-hydrogen) atoms. The van der Waals surface area contributed by atoms with Crippen LogP contribution in [0, 0.1) is 17.8 Å². The van der Waals surface area contributed by atoms with Crippen molar-refractivity contribution in [2.24, 2.45) is 0 Å². The second-order valence-corrected chi connectivity index (χ2v) is 5.07. The van der Waals surface area contributed by atoms with E-state index in [1.807, 2.05) is 6.07 Å². The van der Waals surface area contributed by atoms with Crippen LogP contribution in [0.25, 0.3) is 0 Å². The maximum absolute atomic E-state index is 6.46. The van der Waals surface area contributed by atoms with E-state index in [-0.39, 0.29) is 17.1 Å². The number of allylic oxidation sites excluding steroid dienone is 1. The van der Waals surface area contributed by atoms with Crippen molar-refractivity contribution < 1.29 is 17.1 Å². The van der Waals surface area contributed by atoms with Gasteiger partial charge in [0.25, 0.3) is 0 Å². The Labute approximate surface area is 140 Å². The largest absolute Gasteiger partial charge is 2.00 e. The fourth-order valence-corrected chi connectivity index (χ4v) is 1.86. The molecule has 0 saturated carbocycles. The predicted octanol–water partition coefficient (Wildman–Crippen LogP) is 6.05. The minimum absolute atomic E-state index is 0. The summed E-state index contributed by atoms with van der Waals surface area (Å²) in [6.45, 7) is 4.31. The molecule has 1 radical (unpaired) electrons. The van der Waals surface area contributed by atoms with E-state index in [4.69, 9.17) is 6.42 Å². The summed E-state index contributed by atoms with van der Waals surface area (Å²) in [4.78, 5) is 1.26. The van der Waals surface area contributed by atoms with Crippen LogP contribution in [0.3, 0.4) is 0 Å². The first-order chi connectivity index (χ1) is 9.35. The SMILES string of the molecule is CCCCC=[C-]Sc1ccccc1.[C-]#CCCCC.[Cu+2]. The Bertz CT molecular complexity index is 351. The number of hydrogen-bond acceptors (Lipinski definition) is 1. The molecule has 2 heteroatoms. The quantitative estimate of drug-likeness (QED) is 0.192. The number of unbranched alkanes of at least 4 members (excludes halogenated alkanes) is 4. The number of hydrogen-bond donors (Lipinski definition) is 0. The third-order valence-electron chi connectivity index (χ3n) is 2.36. The molecular weight excluding hydrogens is 312 g/mol. The predicted molar refractivity (Wildman–Crippen MR) is 86.3 cm³/mol. The van der Waals surface area contributed by atoms with E-state index in [0.717, 1.165) is 19.3 Å². The first kappa shape index (κ1) is 21.7. The van der Waals surface area contributed by atoms with Crippen LogP contribution >= 0.6 is 11.8 Å². The normalized spacial score (nSPS) is 9.25. The van der Waals surface area contributed by atoms with Crippen LogP contribution in [0.5, 0.6) is 0 Å². The Kier molecular flexibility index (Phi) is 19.9. The van der Waals surface area contributed by atoms with Crippen molar-refractivity contribution in [1.82, 2.24) is 0 Å². The zero-order chi connectivity index (χ0) is 14.2. The first-order valence-electron chi connectivity index (χ1n) is 7.03. The number of thioether (sulfide) groups is 1. The molecule has 1 rings (SSSR count). The second-order valence-electron chi connectivity index (χ2n) is 4.16. The van der Waals surface area contributed by atoms with E-state index in [1.54, 1.807) is 11.8 Å². The first-order valence-corrected chi connectivity index (χ1v) is 7.85. The van der Waals surface area contributed by atoms with Crippen LogP contribution in [0.15, 0.2) is 41.3 Å². The Hall–Kier alpha value is -0.611. The number of rotatable bonds is 7. The van der Waals surface area contributed by atoms with Crippen molar-refractivity contribution in [2.45, 2.75) is 57.3 Å². The van der Waals surface area contributed by atoms with Gasteiger partial charge in [-0.3, -0.25) is 6.08 Å². The molecule has 1 aromatic rings. The van der Waals surface area contributed by atoms with Gasteiger partial charge in [0, 0.05) is 0 Å². The van der Waals surface area contributed by atoms with Gasteiger partial charge in [-0.05, 0) is 17.7 Å². The van der Waals surface area contributed by atoms with Crippen LogP contribution in [0.2, 0.25) is 0 Å². The second kappa shape index (κ2) is 18.4. The third-order valence-corrected chi connectivity index (χ3v) is 3.15. The topological polar surface area (TPSA) is 0 Å². The molecule has 0 aliphatic carbocycles. The summed E-state index contributed by atoms with van der Waals surface area (Å²) in [5.74, 6) is 2.32. The Balaban J connectivity index is 0. The van der Waals surface area contributed by atoms with Crippen molar-refractivity contribution in [3.05, 3.63) is 48.2 Å². The van der Waals surface area contributed by atoms with E-state index in [9.17, 15) is 0 Å². The maximum Gasteiger partial charge on any atom is 2.00 e. The van der Waals surface area contributed by atoms with Gasteiger partial charge in [-0.1, -0.05) is 69.9 Å². The van der Waals surface area contributed by atoms with Gasteiger partial charge >= 0.3 is 17.1 Å². The molecule has 0 fully saturated rings. The Morgan fingerprint density at radius 2 is 1.80 bits per heavy atom. The van der Waals surface area contributed by atoms with Crippen molar-refractivity contribution in [3.8, 4) is 5.92 Å². The zero-order valence-corrected chi connectivity index (χ0v) is 14.2. The van der Waals surface area contributed by atoms with Gasteiger partial charge in [-0.15, -0.1) is 0 Å². The van der Waals surface area contributed by atoms with Crippen molar-refractivity contribution in [3.63, 3.8) is 0 Å². The molecule has 0 aliphatic rings. The molecule has 0 atom stereocenters. The molecule has 1 aromatic carbocycles. The van der Waals surface area contributed by atoms with Crippen LogP contribution in [0.4, 0.5) is 0 Å². The molecule has 0 saturated heterocycles. The fraction of sp³-hybridized carbons (Fsp3) is 0.444. The standard InChI is InChI=1S/C12H15S.C6H9.Cu/c1-2-3-4-8-11-13-12-9-6-5-7-10-12;1-3-5-6-4-2;/h5-10H,2-4H2,1H3;3,5-6H2,1H3;/q2*-1;+2. The van der Waals surface area contributed by atoms with Crippen molar-refractivity contribution in [2.75, 3.05) is 0 Å². The molecule has 0 nitrogen and oxygen atoms in total. The summed E-state index contributed by atoms with van der Waals surface area (Å²) in [7, 11) is 0. The summed E-state index contributed by atoms with van der Waals surface area (Å²) in [6, 6.07) is 10.3. The van der Waals surface area contributed by atoms with Gasteiger partial charge in [-0.25, -0.2) is 0 Å². The van der Waals surface area contributed by atoms with Gasteiger partial charge in [0.1, 0.15) is 0 Å². The summed E-state index contributed by atoms with van der Waals surface area (Å²) >= 11 is 1.67. The monoisotopic (exact) mass is 335 g/mol. The molecule has 0 aromatic heterocycles. The van der Waals surface area contributed by atoms with Crippen LogP contribution < -0.4 is 0 Å². The average molecular weight is 336 g/mol. The molecule has 0 N–H and O–H groups in total. The maximum atomic E-state index is 6.46. The van der Waals surface area contributed by atoms with Crippen LogP contribution in [0.1, 0.15) is 52.4 Å². The molecule has 0 bridgehead atoms. The molecule has 0 aliphatic heterocycles. The summed E-state index contributed by atoms with van der Waals surface area (Å²) in [6.07, 6.45) is 15.4. The smallest absolute Gasteiger partial charge is 0.694 e. The minimum Gasteiger partial charge on any atom is -0.694 e. The molecular formula is C18H24CuS. The number of benzene rings is 1. The van der Waals surface area contributed by atoms with Crippen LogP contribution in [-0.2, 0) is 17.1 Å². The summed E-state index contributed by atoms with van der Waals surface area (Å²) in [5, 5.41) is 3.23. The van der Waals surface area contributed by atoms with Gasteiger partial charge < -0.3 is 29.5 Å². The van der Waals surface area contributed by atoms with E-state index in [0.29, 0.717) is 0 Å². The van der Waals surface area contributed by atoms with Gasteiger partial charge in [-0.2, -0.15) is 0 Å². The minimum atomic E-state index is 0. The summed E-state index contributed by atoms with van der Waals surface area (Å²) in [5.41, 5.74) is 0. The molecule has 113 valence electrons. The van der Waals surface area contributed by atoms with E-state index in [1.165, 1.54) is 24.2 Å². The van der Waals surface area contributed by atoms with Crippen LogP contribution in [-0.4, -0.2) is 0 Å². The zero-order valence-electron chi connectivity index (χ0n) is 12.4. The third kappa shape index (κ3) is 15.4. The van der Waals surface area contributed by atoms with Gasteiger partial charge in [0.15, 0.2) is 0 Å². The molecule has 0 unspecified atom stereocenters. The Morgan fingerprint density at radius 3 is 2.30 bits per heavy atom. The van der Waals surface area contributed by atoms with Crippen molar-refractivity contribution >= 4 is 11.8 Å². The fourth-order valence-electron chi connectivity index (χ4n) is 1.23. The van der Waals surface area contributed by atoms with Gasteiger partial charge in [0.2, 0.25) is 0 Å². The Morgan fingerprint density at radius 1 is 1.15 bits per heavy atom. The summed E-state index contributed by atoms with van der Waals surface area (Å²) < 4.78 is 0. The van der Waals surface area contributed by atoms with Crippen molar-refractivity contribution in [1.29, 1.82) is 0 Å². The van der Waals surface area contributed by atoms with E-state index >= 15 is 0 Å². The van der Waals surface area contributed by atoms with E-state index in [2.05, 4.69) is 55.5 Å². The molecule has 0 heterocycles.